The summed E-state index contributed by atoms with van der Waals surface area (Å²) in [6.45, 7) is 3.20. The van der Waals surface area contributed by atoms with Crippen molar-refractivity contribution in [1.82, 2.24) is 14.8 Å². The van der Waals surface area contributed by atoms with Gasteiger partial charge in [0.15, 0.2) is 5.13 Å². The van der Waals surface area contributed by atoms with E-state index in [0.29, 0.717) is 27.8 Å². The molecule has 9 heteroatoms. The SMILES string of the molecule is COc1cc(OC)cc(C(=O)Nc2nc3ccc(C(=O)N4CCN(C)CC4)cc3s2)c1. The van der Waals surface area contributed by atoms with Gasteiger partial charge in [0.05, 0.1) is 24.4 Å². The summed E-state index contributed by atoms with van der Waals surface area (Å²) < 4.78 is 11.3. The fraction of sp³-hybridized carbons (Fsp3) is 0.318. The van der Waals surface area contributed by atoms with Crippen molar-refractivity contribution < 1.29 is 19.1 Å². The zero-order chi connectivity index (χ0) is 22.0. The van der Waals surface area contributed by atoms with Gasteiger partial charge in [-0.2, -0.15) is 0 Å². The summed E-state index contributed by atoms with van der Waals surface area (Å²) in [5, 5.41) is 3.29. The van der Waals surface area contributed by atoms with Crippen LogP contribution >= 0.6 is 11.3 Å². The van der Waals surface area contributed by atoms with E-state index in [2.05, 4.69) is 22.2 Å². The maximum atomic E-state index is 12.8. The number of thiazole rings is 1. The fourth-order valence-electron chi connectivity index (χ4n) is 3.41. The number of ether oxygens (including phenoxy) is 2. The van der Waals surface area contributed by atoms with Gasteiger partial charge in [0.2, 0.25) is 0 Å². The first-order valence-corrected chi connectivity index (χ1v) is 10.7. The van der Waals surface area contributed by atoms with Crippen molar-refractivity contribution in [3.8, 4) is 11.5 Å². The van der Waals surface area contributed by atoms with Crippen LogP contribution in [0, 0.1) is 0 Å². The number of fused-ring (bicyclic) bond motifs is 1. The number of nitrogens with zero attached hydrogens (tertiary/aromatic N) is 3. The molecule has 0 aliphatic carbocycles. The van der Waals surface area contributed by atoms with Crippen LogP contribution in [0.15, 0.2) is 36.4 Å². The minimum Gasteiger partial charge on any atom is -0.497 e. The minimum atomic E-state index is -0.315. The second-order valence-corrected chi connectivity index (χ2v) is 8.38. The number of hydrogen-bond donors (Lipinski definition) is 1. The molecule has 1 aliphatic rings. The molecule has 0 spiro atoms. The summed E-state index contributed by atoms with van der Waals surface area (Å²) in [6.07, 6.45) is 0. The Labute approximate surface area is 184 Å². The number of benzene rings is 2. The number of likely N-dealkylation sites (N-methyl/N-ethyl adjacent to an activating group) is 1. The summed E-state index contributed by atoms with van der Waals surface area (Å²) in [7, 11) is 5.12. The summed E-state index contributed by atoms with van der Waals surface area (Å²) in [4.78, 5) is 34.1. The molecule has 0 bridgehead atoms. The Balaban J connectivity index is 1.52. The van der Waals surface area contributed by atoms with E-state index in [0.717, 1.165) is 36.4 Å². The fourth-order valence-corrected chi connectivity index (χ4v) is 4.31. The Kier molecular flexibility index (Phi) is 6.06. The molecule has 162 valence electrons. The van der Waals surface area contributed by atoms with Crippen LogP contribution in [0.5, 0.6) is 11.5 Å². The van der Waals surface area contributed by atoms with Gasteiger partial charge in [-0.1, -0.05) is 11.3 Å². The highest BCUT2D eigenvalue weighted by Crippen LogP contribution is 2.29. The van der Waals surface area contributed by atoms with Crippen LogP contribution in [-0.2, 0) is 0 Å². The molecule has 2 amide bonds. The first kappa shape index (κ1) is 21.1. The van der Waals surface area contributed by atoms with Crippen molar-refractivity contribution in [3.63, 3.8) is 0 Å². The lowest BCUT2D eigenvalue weighted by Gasteiger charge is -2.32. The molecule has 3 aromatic rings. The second kappa shape index (κ2) is 8.91. The van der Waals surface area contributed by atoms with E-state index < -0.39 is 0 Å². The van der Waals surface area contributed by atoms with Crippen LogP contribution in [0.2, 0.25) is 0 Å². The molecule has 4 rings (SSSR count). The molecular weight excluding hydrogens is 416 g/mol. The monoisotopic (exact) mass is 440 g/mol. The predicted molar refractivity (Wildman–Crippen MR) is 121 cm³/mol. The van der Waals surface area contributed by atoms with Crippen LogP contribution < -0.4 is 14.8 Å². The molecule has 0 radical (unpaired) electrons. The molecule has 1 fully saturated rings. The number of aromatic nitrogens is 1. The van der Waals surface area contributed by atoms with Crippen LogP contribution in [0.3, 0.4) is 0 Å². The molecule has 1 aromatic heterocycles. The van der Waals surface area contributed by atoms with E-state index in [1.54, 1.807) is 24.3 Å². The highest BCUT2D eigenvalue weighted by molar-refractivity contribution is 7.22. The molecule has 0 saturated carbocycles. The largest absolute Gasteiger partial charge is 0.497 e. The highest BCUT2D eigenvalue weighted by Gasteiger charge is 2.21. The van der Waals surface area contributed by atoms with Gasteiger partial charge in [0.25, 0.3) is 11.8 Å². The first-order chi connectivity index (χ1) is 15.0. The quantitative estimate of drug-likeness (QED) is 0.657. The van der Waals surface area contributed by atoms with Crippen LogP contribution in [0.1, 0.15) is 20.7 Å². The number of anilines is 1. The van der Waals surface area contributed by atoms with Gasteiger partial charge < -0.3 is 19.3 Å². The van der Waals surface area contributed by atoms with Gasteiger partial charge in [-0.3, -0.25) is 14.9 Å². The number of amides is 2. The lowest BCUT2D eigenvalue weighted by molar-refractivity contribution is 0.0664. The zero-order valence-corrected chi connectivity index (χ0v) is 18.5. The number of hydrogen-bond acceptors (Lipinski definition) is 7. The third kappa shape index (κ3) is 4.62. The number of methoxy groups -OCH3 is 2. The van der Waals surface area contributed by atoms with Crippen molar-refractivity contribution in [2.24, 2.45) is 0 Å². The topological polar surface area (TPSA) is 84.0 Å². The molecule has 31 heavy (non-hydrogen) atoms. The van der Waals surface area contributed by atoms with Crippen molar-refractivity contribution in [2.45, 2.75) is 0 Å². The van der Waals surface area contributed by atoms with E-state index in [4.69, 9.17) is 9.47 Å². The lowest BCUT2D eigenvalue weighted by atomic mass is 10.1. The van der Waals surface area contributed by atoms with Crippen LogP contribution in [0.25, 0.3) is 10.2 Å². The molecule has 2 heterocycles. The third-order valence-corrected chi connectivity index (χ3v) is 6.19. The Bertz CT molecular complexity index is 1100. The Morgan fingerprint density at radius 2 is 1.65 bits per heavy atom. The molecular formula is C22H24N4O4S. The molecule has 2 aromatic carbocycles. The third-order valence-electron chi connectivity index (χ3n) is 5.26. The number of rotatable bonds is 5. The average Bonchev–Trinajstić information content (AvgIpc) is 3.20. The van der Waals surface area contributed by atoms with E-state index >= 15 is 0 Å². The van der Waals surface area contributed by atoms with Crippen molar-refractivity contribution in [2.75, 3.05) is 52.8 Å². The molecule has 0 unspecified atom stereocenters. The summed E-state index contributed by atoms with van der Waals surface area (Å²) in [5.41, 5.74) is 1.77. The van der Waals surface area contributed by atoms with Crippen molar-refractivity contribution in [1.29, 1.82) is 0 Å². The molecule has 1 N–H and O–H groups in total. The van der Waals surface area contributed by atoms with E-state index in [1.165, 1.54) is 25.6 Å². The van der Waals surface area contributed by atoms with Gasteiger partial charge >= 0.3 is 0 Å². The minimum absolute atomic E-state index is 0.0254. The van der Waals surface area contributed by atoms with E-state index in [9.17, 15) is 9.59 Å². The Morgan fingerprint density at radius 1 is 0.968 bits per heavy atom. The van der Waals surface area contributed by atoms with Gasteiger partial charge in [-0.05, 0) is 37.4 Å². The van der Waals surface area contributed by atoms with Crippen LogP contribution in [0.4, 0.5) is 5.13 Å². The van der Waals surface area contributed by atoms with Gasteiger partial charge in [0.1, 0.15) is 11.5 Å². The normalized spacial score (nSPS) is 14.5. The maximum absolute atomic E-state index is 12.8. The number of carbonyl (C=O) groups excluding carboxylic acids is 2. The van der Waals surface area contributed by atoms with Crippen LogP contribution in [-0.4, -0.2) is 74.0 Å². The standard InChI is InChI=1S/C22H24N4O4S/c1-25-6-8-26(9-7-25)21(28)14-4-5-18-19(12-14)31-22(23-18)24-20(27)15-10-16(29-2)13-17(11-15)30-3/h4-5,10-13H,6-9H2,1-3H3,(H,23,24,27). The maximum Gasteiger partial charge on any atom is 0.257 e. The molecule has 0 atom stereocenters. The van der Waals surface area contributed by atoms with Gasteiger partial charge in [-0.15, -0.1) is 0 Å². The van der Waals surface area contributed by atoms with Gasteiger partial charge in [-0.25, -0.2) is 4.98 Å². The molecule has 1 saturated heterocycles. The zero-order valence-electron chi connectivity index (χ0n) is 17.7. The Hall–Kier alpha value is -3.17. The molecule has 1 aliphatic heterocycles. The summed E-state index contributed by atoms with van der Waals surface area (Å²) in [5.74, 6) is 0.768. The smallest absolute Gasteiger partial charge is 0.257 e. The summed E-state index contributed by atoms with van der Waals surface area (Å²) >= 11 is 1.33. The number of nitrogens with one attached hydrogen (secondary N) is 1. The predicted octanol–water partition coefficient (Wildman–Crippen LogP) is 2.95. The number of piperazine rings is 1. The van der Waals surface area contributed by atoms with Crippen molar-refractivity contribution in [3.05, 3.63) is 47.5 Å². The highest BCUT2D eigenvalue weighted by atomic mass is 32.1. The van der Waals surface area contributed by atoms with E-state index in [-0.39, 0.29) is 11.8 Å². The Morgan fingerprint density at radius 3 is 2.29 bits per heavy atom. The lowest BCUT2D eigenvalue weighted by Crippen LogP contribution is -2.47. The van der Waals surface area contributed by atoms with Gasteiger partial charge in [0, 0.05) is 43.4 Å². The number of carbonyl (C=O) groups is 2. The second-order valence-electron chi connectivity index (χ2n) is 7.35. The molecule has 8 nitrogen and oxygen atoms in total. The van der Waals surface area contributed by atoms with Crippen molar-refractivity contribution >= 4 is 38.5 Å². The average molecular weight is 441 g/mol. The first-order valence-electron chi connectivity index (χ1n) is 9.89. The summed E-state index contributed by atoms with van der Waals surface area (Å²) in [6, 6.07) is 10.4. The van der Waals surface area contributed by atoms with E-state index in [1.807, 2.05) is 17.0 Å².